The fraction of sp³-hybridized carbons (Fsp3) is 0.222. The van der Waals surface area contributed by atoms with Crippen molar-refractivity contribution < 1.29 is 13.6 Å². The summed E-state index contributed by atoms with van der Waals surface area (Å²) in [5, 5.41) is 3.01. The van der Waals surface area contributed by atoms with Crippen molar-refractivity contribution in [2.75, 3.05) is 18.9 Å². The number of nitrogens with one attached hydrogen (secondary N) is 2. The van der Waals surface area contributed by atoms with Gasteiger partial charge in [0.1, 0.15) is 17.5 Å². The summed E-state index contributed by atoms with van der Waals surface area (Å²) >= 11 is 5.95. The number of benzene rings is 2. The van der Waals surface area contributed by atoms with Crippen LogP contribution in [0.1, 0.15) is 12.2 Å². The van der Waals surface area contributed by atoms with Gasteiger partial charge in [-0.25, -0.2) is 13.8 Å². The molecule has 0 saturated carbocycles. The van der Waals surface area contributed by atoms with E-state index in [1.807, 2.05) is 18.0 Å². The van der Waals surface area contributed by atoms with E-state index in [9.17, 15) is 13.6 Å². The number of carbonyl (C=O) groups is 1. The van der Waals surface area contributed by atoms with Gasteiger partial charge in [-0.3, -0.25) is 9.69 Å². The number of H-pyrrole nitrogens is 1. The van der Waals surface area contributed by atoms with E-state index in [-0.39, 0.29) is 12.1 Å². The van der Waals surface area contributed by atoms with Gasteiger partial charge in [-0.15, -0.1) is 0 Å². The molecular formula is C18H17ClF2N4O. The maximum atomic E-state index is 13.5. The number of nitrogens with zero attached hydrogens (tertiary/aromatic N) is 2. The van der Waals surface area contributed by atoms with Crippen LogP contribution in [-0.4, -0.2) is 34.4 Å². The van der Waals surface area contributed by atoms with E-state index < -0.39 is 17.5 Å². The van der Waals surface area contributed by atoms with Crippen molar-refractivity contribution in [1.82, 2.24) is 14.9 Å². The van der Waals surface area contributed by atoms with E-state index in [4.69, 9.17) is 11.6 Å². The van der Waals surface area contributed by atoms with Crippen molar-refractivity contribution in [2.45, 2.75) is 13.0 Å². The van der Waals surface area contributed by atoms with Crippen LogP contribution in [0.25, 0.3) is 11.0 Å². The zero-order chi connectivity index (χ0) is 18.7. The molecule has 0 aliphatic rings. The number of anilines is 1. The first-order chi connectivity index (χ1) is 12.4. The highest BCUT2D eigenvalue weighted by Gasteiger charge is 2.11. The quantitative estimate of drug-likeness (QED) is 0.682. The molecule has 5 nitrogen and oxygen atoms in total. The molecule has 0 atom stereocenters. The van der Waals surface area contributed by atoms with E-state index in [0.717, 1.165) is 35.1 Å². The number of amides is 1. The highest BCUT2D eigenvalue weighted by Crippen LogP contribution is 2.18. The SMILES string of the molecule is CN(CCC(=O)Nc1cc(F)ccc1F)Cc1nc2ccc(Cl)cc2[nH]1. The first-order valence-electron chi connectivity index (χ1n) is 7.98. The second kappa shape index (κ2) is 7.80. The Morgan fingerprint density at radius 1 is 1.27 bits per heavy atom. The molecule has 2 N–H and O–H groups in total. The van der Waals surface area contributed by atoms with Crippen molar-refractivity contribution in [3.8, 4) is 0 Å². The number of aromatic nitrogens is 2. The van der Waals surface area contributed by atoms with Crippen LogP contribution in [0.3, 0.4) is 0 Å². The molecule has 3 aromatic rings. The maximum absolute atomic E-state index is 13.5. The minimum absolute atomic E-state index is 0.137. The Morgan fingerprint density at radius 2 is 2.08 bits per heavy atom. The molecule has 0 unspecified atom stereocenters. The van der Waals surface area contributed by atoms with Gasteiger partial charge < -0.3 is 10.3 Å². The van der Waals surface area contributed by atoms with Gasteiger partial charge >= 0.3 is 0 Å². The molecule has 1 heterocycles. The molecule has 136 valence electrons. The zero-order valence-corrected chi connectivity index (χ0v) is 14.8. The smallest absolute Gasteiger partial charge is 0.225 e. The predicted molar refractivity (Wildman–Crippen MR) is 97.0 cm³/mol. The second-order valence-corrected chi connectivity index (χ2v) is 6.44. The molecule has 0 radical (unpaired) electrons. The van der Waals surface area contributed by atoms with Crippen LogP contribution in [0, 0.1) is 11.6 Å². The minimum Gasteiger partial charge on any atom is -0.341 e. The third-order valence-electron chi connectivity index (χ3n) is 3.84. The van der Waals surface area contributed by atoms with Gasteiger partial charge in [0.25, 0.3) is 0 Å². The van der Waals surface area contributed by atoms with Gasteiger partial charge in [-0.1, -0.05) is 11.6 Å². The Hall–Kier alpha value is -2.51. The fourth-order valence-electron chi connectivity index (χ4n) is 2.54. The summed E-state index contributed by atoms with van der Waals surface area (Å²) in [4.78, 5) is 21.5. The largest absolute Gasteiger partial charge is 0.341 e. The van der Waals surface area contributed by atoms with Gasteiger partial charge in [-0.2, -0.15) is 0 Å². The van der Waals surface area contributed by atoms with Crippen LogP contribution in [0.15, 0.2) is 36.4 Å². The Morgan fingerprint density at radius 3 is 2.88 bits per heavy atom. The highest BCUT2D eigenvalue weighted by atomic mass is 35.5. The first kappa shape index (κ1) is 18.3. The third-order valence-corrected chi connectivity index (χ3v) is 4.07. The van der Waals surface area contributed by atoms with Gasteiger partial charge in [0.2, 0.25) is 5.91 Å². The van der Waals surface area contributed by atoms with Crippen molar-refractivity contribution in [3.05, 3.63) is 58.9 Å². The van der Waals surface area contributed by atoms with Gasteiger partial charge in [0, 0.05) is 24.1 Å². The van der Waals surface area contributed by atoms with E-state index in [1.54, 1.807) is 12.1 Å². The van der Waals surface area contributed by atoms with Crippen LogP contribution < -0.4 is 5.32 Å². The van der Waals surface area contributed by atoms with Crippen molar-refractivity contribution >= 4 is 34.2 Å². The molecule has 26 heavy (non-hydrogen) atoms. The van der Waals surface area contributed by atoms with Gasteiger partial charge in [0.05, 0.1) is 23.3 Å². The average molecular weight is 379 g/mol. The standard InChI is InChI=1S/C18H17ClF2N4O/c1-25(10-17-22-14-5-2-11(19)8-16(14)23-17)7-6-18(26)24-15-9-12(20)3-4-13(15)21/h2-5,8-9H,6-7,10H2,1H3,(H,22,23)(H,24,26). The Bertz CT molecular complexity index is 944. The molecule has 1 amide bonds. The fourth-order valence-corrected chi connectivity index (χ4v) is 2.71. The Kier molecular flexibility index (Phi) is 5.49. The number of imidazole rings is 1. The van der Waals surface area contributed by atoms with Crippen LogP contribution in [-0.2, 0) is 11.3 Å². The third kappa shape index (κ3) is 4.56. The summed E-state index contributed by atoms with van der Waals surface area (Å²) in [6.45, 7) is 0.939. The monoisotopic (exact) mass is 378 g/mol. The summed E-state index contributed by atoms with van der Waals surface area (Å²) in [6.07, 6.45) is 0.137. The Balaban J connectivity index is 1.53. The lowest BCUT2D eigenvalue weighted by molar-refractivity contribution is -0.116. The summed E-state index contributed by atoms with van der Waals surface area (Å²) in [5.41, 5.74) is 1.50. The molecular weight excluding hydrogens is 362 g/mol. The molecule has 0 spiro atoms. The van der Waals surface area contributed by atoms with Gasteiger partial charge in [-0.05, 0) is 37.4 Å². The van der Waals surface area contributed by atoms with E-state index >= 15 is 0 Å². The van der Waals surface area contributed by atoms with Crippen molar-refractivity contribution in [2.24, 2.45) is 0 Å². The summed E-state index contributed by atoms with van der Waals surface area (Å²) in [6, 6.07) is 8.34. The van der Waals surface area contributed by atoms with Gasteiger partial charge in [0.15, 0.2) is 0 Å². The number of hydrogen-bond donors (Lipinski definition) is 2. The molecule has 2 aromatic carbocycles. The molecule has 0 bridgehead atoms. The zero-order valence-electron chi connectivity index (χ0n) is 14.0. The van der Waals surface area contributed by atoms with Crippen LogP contribution >= 0.6 is 11.6 Å². The van der Waals surface area contributed by atoms with E-state index in [0.29, 0.717) is 18.1 Å². The normalized spacial score (nSPS) is 11.3. The topological polar surface area (TPSA) is 61.0 Å². The van der Waals surface area contributed by atoms with Crippen LogP contribution in [0.5, 0.6) is 0 Å². The van der Waals surface area contributed by atoms with Crippen molar-refractivity contribution in [1.29, 1.82) is 0 Å². The molecule has 1 aromatic heterocycles. The van der Waals surface area contributed by atoms with E-state index in [1.165, 1.54) is 0 Å². The summed E-state index contributed by atoms with van der Waals surface area (Å²) < 4.78 is 26.7. The first-order valence-corrected chi connectivity index (χ1v) is 8.36. The molecule has 0 fully saturated rings. The summed E-state index contributed by atoms with van der Waals surface area (Å²) in [7, 11) is 1.84. The lowest BCUT2D eigenvalue weighted by Crippen LogP contribution is -2.24. The molecule has 3 rings (SSSR count). The lowest BCUT2D eigenvalue weighted by Gasteiger charge is -2.15. The molecule has 0 saturated heterocycles. The number of fused-ring (bicyclic) bond motifs is 1. The Labute approximate surface area is 154 Å². The maximum Gasteiger partial charge on any atom is 0.225 e. The van der Waals surface area contributed by atoms with Crippen LogP contribution in [0.2, 0.25) is 5.02 Å². The lowest BCUT2D eigenvalue weighted by atomic mass is 10.2. The second-order valence-electron chi connectivity index (χ2n) is 6.01. The molecule has 0 aliphatic heterocycles. The minimum atomic E-state index is -0.672. The average Bonchev–Trinajstić information content (AvgIpc) is 2.97. The number of hydrogen-bond acceptors (Lipinski definition) is 3. The van der Waals surface area contributed by atoms with Crippen LogP contribution in [0.4, 0.5) is 14.5 Å². The number of rotatable bonds is 6. The highest BCUT2D eigenvalue weighted by molar-refractivity contribution is 6.31. The molecule has 8 heteroatoms. The summed E-state index contributed by atoms with van der Waals surface area (Å²) in [5.74, 6) is -0.920. The predicted octanol–water partition coefficient (Wildman–Crippen LogP) is 3.96. The molecule has 0 aliphatic carbocycles. The number of halogens is 3. The van der Waals surface area contributed by atoms with E-state index in [2.05, 4.69) is 15.3 Å². The number of aromatic amines is 1. The van der Waals surface area contributed by atoms with Crippen molar-refractivity contribution in [3.63, 3.8) is 0 Å². The number of carbonyl (C=O) groups excluding carboxylic acids is 1.